The molecule has 0 fully saturated rings. The van der Waals surface area contributed by atoms with Gasteiger partial charge in [0.2, 0.25) is 0 Å². The highest BCUT2D eigenvalue weighted by atomic mass is 19.2. The summed E-state index contributed by atoms with van der Waals surface area (Å²) in [4.78, 5) is 11.7. The molecule has 1 heterocycles. The summed E-state index contributed by atoms with van der Waals surface area (Å²) in [6.07, 6.45) is 1.54. The molecule has 1 aromatic heterocycles. The Bertz CT molecular complexity index is 677. The van der Waals surface area contributed by atoms with Crippen LogP contribution in [0.1, 0.15) is 18.8 Å². The van der Waals surface area contributed by atoms with Crippen LogP contribution in [-0.2, 0) is 7.05 Å². The van der Waals surface area contributed by atoms with E-state index in [1.165, 1.54) is 6.07 Å². The van der Waals surface area contributed by atoms with Gasteiger partial charge >= 0.3 is 6.03 Å². The quantitative estimate of drug-likeness (QED) is 0.789. The topological polar surface area (TPSA) is 81.1 Å². The first-order valence-electron chi connectivity index (χ1n) is 6.93. The summed E-state index contributed by atoms with van der Waals surface area (Å²) in [5.74, 6) is -1.10. The third-order valence-corrected chi connectivity index (χ3v) is 3.03. The van der Waals surface area contributed by atoms with Crippen LogP contribution in [0.2, 0.25) is 0 Å². The molecule has 0 aliphatic carbocycles. The molecule has 2 aromatic rings. The van der Waals surface area contributed by atoms with Crippen molar-refractivity contribution < 1.29 is 18.3 Å². The number of aromatic nitrogens is 3. The molecule has 0 spiro atoms. The van der Waals surface area contributed by atoms with Crippen molar-refractivity contribution in [3.8, 4) is 5.75 Å². The molecule has 1 atom stereocenters. The molecule has 1 unspecified atom stereocenters. The standard InChI is InChI=1S/C14H17F2N5O2/c1-9(13-20-18-8-21(13)2)19-14(22)17-5-6-23-10-3-4-11(15)12(16)7-10/h3-4,7-9H,5-6H2,1-2H3,(H2,17,19,22). The van der Waals surface area contributed by atoms with Crippen LogP contribution in [0, 0.1) is 11.6 Å². The van der Waals surface area contributed by atoms with Crippen LogP contribution in [-0.4, -0.2) is 33.9 Å². The Labute approximate surface area is 131 Å². The number of nitrogens with zero attached hydrogens (tertiary/aromatic N) is 3. The normalized spacial score (nSPS) is 11.8. The smallest absolute Gasteiger partial charge is 0.315 e. The molecule has 0 aliphatic heterocycles. The second kappa shape index (κ2) is 7.52. The maximum absolute atomic E-state index is 13.0. The van der Waals surface area contributed by atoms with Gasteiger partial charge in [-0.1, -0.05) is 0 Å². The van der Waals surface area contributed by atoms with Gasteiger partial charge in [-0.15, -0.1) is 10.2 Å². The molecule has 0 aliphatic rings. The first-order chi connectivity index (χ1) is 11.0. The van der Waals surface area contributed by atoms with Crippen molar-refractivity contribution in [1.29, 1.82) is 0 Å². The molecule has 2 rings (SSSR count). The van der Waals surface area contributed by atoms with Crippen LogP contribution in [0.4, 0.5) is 13.6 Å². The van der Waals surface area contributed by atoms with E-state index in [1.54, 1.807) is 24.9 Å². The molecule has 0 saturated carbocycles. The predicted octanol–water partition coefficient (Wildman–Crippen LogP) is 1.53. The zero-order chi connectivity index (χ0) is 16.8. The molecule has 2 amide bonds. The summed E-state index contributed by atoms with van der Waals surface area (Å²) >= 11 is 0. The van der Waals surface area contributed by atoms with Crippen molar-refractivity contribution in [3.63, 3.8) is 0 Å². The Morgan fingerprint density at radius 3 is 2.83 bits per heavy atom. The first-order valence-corrected chi connectivity index (χ1v) is 6.93. The number of amides is 2. The Morgan fingerprint density at radius 1 is 1.39 bits per heavy atom. The van der Waals surface area contributed by atoms with Gasteiger partial charge in [0, 0.05) is 13.1 Å². The van der Waals surface area contributed by atoms with Gasteiger partial charge in [-0.05, 0) is 19.1 Å². The highest BCUT2D eigenvalue weighted by molar-refractivity contribution is 5.74. The van der Waals surface area contributed by atoms with Crippen molar-refractivity contribution >= 4 is 6.03 Å². The average molecular weight is 325 g/mol. The van der Waals surface area contributed by atoms with E-state index >= 15 is 0 Å². The number of aryl methyl sites for hydroxylation is 1. The number of ether oxygens (including phenoxy) is 1. The minimum Gasteiger partial charge on any atom is -0.492 e. The Hall–Kier alpha value is -2.71. The Balaban J connectivity index is 1.70. The van der Waals surface area contributed by atoms with Crippen LogP contribution in [0.3, 0.4) is 0 Å². The maximum atomic E-state index is 13.0. The number of hydrogen-bond donors (Lipinski definition) is 2. The van der Waals surface area contributed by atoms with Crippen LogP contribution in [0.5, 0.6) is 5.75 Å². The lowest BCUT2D eigenvalue weighted by molar-refractivity contribution is 0.233. The number of benzene rings is 1. The third-order valence-electron chi connectivity index (χ3n) is 3.03. The van der Waals surface area contributed by atoms with Crippen molar-refractivity contribution in [1.82, 2.24) is 25.4 Å². The first kappa shape index (κ1) is 16.7. The summed E-state index contributed by atoms with van der Waals surface area (Å²) in [5.41, 5.74) is 0. The Kier molecular flexibility index (Phi) is 5.45. The minimum atomic E-state index is -0.981. The molecule has 7 nitrogen and oxygen atoms in total. The van der Waals surface area contributed by atoms with Gasteiger partial charge < -0.3 is 19.9 Å². The van der Waals surface area contributed by atoms with E-state index in [9.17, 15) is 13.6 Å². The molecular weight excluding hydrogens is 308 g/mol. The molecule has 0 saturated heterocycles. The number of hydrogen-bond acceptors (Lipinski definition) is 4. The zero-order valence-corrected chi connectivity index (χ0v) is 12.7. The highest BCUT2D eigenvalue weighted by Crippen LogP contribution is 2.15. The average Bonchev–Trinajstić information content (AvgIpc) is 2.93. The molecule has 23 heavy (non-hydrogen) atoms. The lowest BCUT2D eigenvalue weighted by atomic mass is 10.3. The molecule has 0 bridgehead atoms. The number of nitrogens with one attached hydrogen (secondary N) is 2. The van der Waals surface area contributed by atoms with Crippen molar-refractivity contribution in [3.05, 3.63) is 42.0 Å². The van der Waals surface area contributed by atoms with E-state index in [1.807, 2.05) is 0 Å². The number of halogens is 2. The SMILES string of the molecule is CC(NC(=O)NCCOc1ccc(F)c(F)c1)c1nncn1C. The molecule has 9 heteroatoms. The van der Waals surface area contributed by atoms with Gasteiger partial charge in [0.1, 0.15) is 18.7 Å². The fraction of sp³-hybridized carbons (Fsp3) is 0.357. The van der Waals surface area contributed by atoms with Crippen LogP contribution < -0.4 is 15.4 Å². The van der Waals surface area contributed by atoms with Crippen LogP contribution in [0.15, 0.2) is 24.5 Å². The number of urea groups is 1. The highest BCUT2D eigenvalue weighted by Gasteiger charge is 2.13. The van der Waals surface area contributed by atoms with Gasteiger partial charge in [0.25, 0.3) is 0 Å². The summed E-state index contributed by atoms with van der Waals surface area (Å²) in [6, 6.07) is 2.54. The summed E-state index contributed by atoms with van der Waals surface area (Å²) in [6.45, 7) is 2.11. The number of carbonyl (C=O) groups is 1. The van der Waals surface area contributed by atoms with Gasteiger partial charge in [-0.25, -0.2) is 13.6 Å². The van der Waals surface area contributed by atoms with Crippen molar-refractivity contribution in [2.24, 2.45) is 7.05 Å². The fourth-order valence-corrected chi connectivity index (χ4v) is 1.90. The maximum Gasteiger partial charge on any atom is 0.315 e. The van der Waals surface area contributed by atoms with Crippen LogP contribution >= 0.6 is 0 Å². The third kappa shape index (κ3) is 4.63. The van der Waals surface area contributed by atoms with E-state index in [2.05, 4.69) is 20.8 Å². The van der Waals surface area contributed by atoms with Gasteiger partial charge in [0.05, 0.1) is 12.6 Å². The summed E-state index contributed by atoms with van der Waals surface area (Å²) < 4.78 is 32.7. The monoisotopic (exact) mass is 325 g/mol. The summed E-state index contributed by atoms with van der Waals surface area (Å²) in [5, 5.41) is 12.9. The lowest BCUT2D eigenvalue weighted by Crippen LogP contribution is -2.39. The van der Waals surface area contributed by atoms with E-state index < -0.39 is 17.7 Å². The Morgan fingerprint density at radius 2 is 2.17 bits per heavy atom. The predicted molar refractivity (Wildman–Crippen MR) is 77.8 cm³/mol. The van der Waals surface area contributed by atoms with E-state index in [-0.39, 0.29) is 24.9 Å². The van der Waals surface area contributed by atoms with E-state index in [0.29, 0.717) is 5.82 Å². The molecule has 0 radical (unpaired) electrons. The molecule has 1 aromatic carbocycles. The van der Waals surface area contributed by atoms with Gasteiger partial charge in [-0.3, -0.25) is 0 Å². The zero-order valence-electron chi connectivity index (χ0n) is 12.7. The molecule has 124 valence electrons. The van der Waals surface area contributed by atoms with Gasteiger partial charge in [-0.2, -0.15) is 0 Å². The number of rotatable bonds is 6. The van der Waals surface area contributed by atoms with E-state index in [4.69, 9.17) is 4.74 Å². The lowest BCUT2D eigenvalue weighted by Gasteiger charge is -2.14. The second-order valence-electron chi connectivity index (χ2n) is 4.85. The van der Waals surface area contributed by atoms with Crippen LogP contribution in [0.25, 0.3) is 0 Å². The second-order valence-corrected chi connectivity index (χ2v) is 4.85. The van der Waals surface area contributed by atoms with Crippen molar-refractivity contribution in [2.45, 2.75) is 13.0 Å². The van der Waals surface area contributed by atoms with E-state index in [0.717, 1.165) is 12.1 Å². The summed E-state index contributed by atoms with van der Waals surface area (Å²) in [7, 11) is 1.78. The number of carbonyl (C=O) groups excluding carboxylic acids is 1. The largest absolute Gasteiger partial charge is 0.492 e. The minimum absolute atomic E-state index is 0.122. The molecule has 2 N–H and O–H groups in total. The van der Waals surface area contributed by atoms with Crippen molar-refractivity contribution in [2.75, 3.05) is 13.2 Å². The molecular formula is C14H17F2N5O2. The van der Waals surface area contributed by atoms with Gasteiger partial charge in [0.15, 0.2) is 17.5 Å². The fourth-order valence-electron chi connectivity index (χ4n) is 1.90.